The molecule has 0 bridgehead atoms. The molecule has 0 radical (unpaired) electrons. The van der Waals surface area contributed by atoms with Crippen molar-refractivity contribution in [3.63, 3.8) is 0 Å². The Morgan fingerprint density at radius 2 is 2.00 bits per heavy atom. The summed E-state index contributed by atoms with van der Waals surface area (Å²) in [5.74, 6) is 0.478. The minimum Gasteiger partial charge on any atom is -0.456 e. The Bertz CT molecular complexity index is 645. The molecule has 0 fully saturated rings. The molecule has 2 rings (SSSR count). The Labute approximate surface area is 120 Å². The first-order valence-electron chi connectivity index (χ1n) is 5.51. The number of aryl methyl sites for hydroxylation is 1. The van der Waals surface area contributed by atoms with Crippen molar-refractivity contribution in [2.45, 2.75) is 6.92 Å². The van der Waals surface area contributed by atoms with Gasteiger partial charge in [-0.1, -0.05) is 29.9 Å². The van der Waals surface area contributed by atoms with E-state index in [2.05, 4.69) is 0 Å². The fraction of sp³-hybridized carbons (Fsp3) is 0.0714. The van der Waals surface area contributed by atoms with Crippen molar-refractivity contribution in [3.8, 4) is 11.5 Å². The van der Waals surface area contributed by atoms with E-state index < -0.39 is 0 Å². The third-order valence-electron chi connectivity index (χ3n) is 2.59. The summed E-state index contributed by atoms with van der Waals surface area (Å²) in [5, 5.41) is 0.367. The molecule has 0 aliphatic carbocycles. The number of halogens is 2. The van der Waals surface area contributed by atoms with E-state index in [-0.39, 0.29) is 10.8 Å². The molecule has 0 aliphatic rings. The zero-order chi connectivity index (χ0) is 14.0. The standard InChI is InChI=1S/C14H11ClFNOS/c1-8-2-4-10(7-12(8)16)18-13-5-3-9(14(17)19)6-11(13)15/h2-7H,1H3,(H2,17,19). The van der Waals surface area contributed by atoms with Crippen LogP contribution in [0.3, 0.4) is 0 Å². The fourth-order valence-corrected chi connectivity index (χ4v) is 1.85. The highest BCUT2D eigenvalue weighted by Crippen LogP contribution is 2.30. The number of benzene rings is 2. The maximum absolute atomic E-state index is 13.4. The quantitative estimate of drug-likeness (QED) is 0.861. The van der Waals surface area contributed by atoms with Crippen LogP contribution < -0.4 is 10.5 Å². The molecule has 2 nitrogen and oxygen atoms in total. The predicted octanol–water partition coefficient (Wildman–Crippen LogP) is 4.21. The van der Waals surface area contributed by atoms with Crippen molar-refractivity contribution >= 4 is 28.8 Å². The Kier molecular flexibility index (Phi) is 4.02. The second kappa shape index (κ2) is 5.55. The second-order valence-electron chi connectivity index (χ2n) is 4.02. The number of hydrogen-bond acceptors (Lipinski definition) is 2. The van der Waals surface area contributed by atoms with Gasteiger partial charge in [-0.3, -0.25) is 0 Å². The minimum absolute atomic E-state index is 0.259. The summed E-state index contributed by atoms with van der Waals surface area (Å²) in [7, 11) is 0. The summed E-state index contributed by atoms with van der Waals surface area (Å²) in [6, 6.07) is 9.60. The fourth-order valence-electron chi connectivity index (χ4n) is 1.50. The molecule has 2 aromatic carbocycles. The van der Waals surface area contributed by atoms with Crippen molar-refractivity contribution in [1.82, 2.24) is 0 Å². The van der Waals surface area contributed by atoms with Gasteiger partial charge in [-0.05, 0) is 36.8 Å². The molecule has 0 heterocycles. The van der Waals surface area contributed by atoms with Gasteiger partial charge in [0.1, 0.15) is 22.3 Å². The van der Waals surface area contributed by atoms with Gasteiger partial charge >= 0.3 is 0 Å². The van der Waals surface area contributed by atoms with Crippen molar-refractivity contribution in [2.24, 2.45) is 5.73 Å². The van der Waals surface area contributed by atoms with Crippen LogP contribution in [0, 0.1) is 12.7 Å². The van der Waals surface area contributed by atoms with E-state index in [1.807, 2.05) is 0 Å². The van der Waals surface area contributed by atoms with Crippen LogP contribution >= 0.6 is 23.8 Å². The van der Waals surface area contributed by atoms with Gasteiger partial charge in [0.25, 0.3) is 0 Å². The highest BCUT2D eigenvalue weighted by molar-refractivity contribution is 7.80. The summed E-state index contributed by atoms with van der Waals surface area (Å²) in [5.41, 5.74) is 6.72. The average Bonchev–Trinajstić information content (AvgIpc) is 2.36. The van der Waals surface area contributed by atoms with Gasteiger partial charge in [0, 0.05) is 11.6 Å². The Morgan fingerprint density at radius 3 is 2.58 bits per heavy atom. The van der Waals surface area contributed by atoms with E-state index in [4.69, 9.17) is 34.3 Å². The molecule has 5 heteroatoms. The zero-order valence-corrected chi connectivity index (χ0v) is 11.7. The molecular weight excluding hydrogens is 285 g/mol. The lowest BCUT2D eigenvalue weighted by molar-refractivity contribution is 0.476. The van der Waals surface area contributed by atoms with E-state index in [9.17, 15) is 4.39 Å². The molecule has 0 saturated carbocycles. The summed E-state index contributed by atoms with van der Waals surface area (Å²) in [6.45, 7) is 1.68. The molecule has 0 spiro atoms. The van der Waals surface area contributed by atoms with Gasteiger partial charge in [-0.25, -0.2) is 4.39 Å². The highest BCUT2D eigenvalue weighted by Gasteiger charge is 2.07. The Hall–Kier alpha value is -1.65. The number of hydrogen-bond donors (Lipinski definition) is 1. The van der Waals surface area contributed by atoms with Crippen LogP contribution in [-0.4, -0.2) is 4.99 Å². The lowest BCUT2D eigenvalue weighted by Crippen LogP contribution is -2.08. The van der Waals surface area contributed by atoms with Crippen LogP contribution in [0.15, 0.2) is 36.4 Å². The van der Waals surface area contributed by atoms with Gasteiger partial charge in [-0.15, -0.1) is 0 Å². The van der Waals surface area contributed by atoms with Crippen LogP contribution in [0.2, 0.25) is 5.02 Å². The van der Waals surface area contributed by atoms with Gasteiger partial charge in [0.15, 0.2) is 0 Å². The van der Waals surface area contributed by atoms with Gasteiger partial charge in [-0.2, -0.15) is 0 Å². The summed E-state index contributed by atoms with van der Waals surface area (Å²) in [6.07, 6.45) is 0. The molecule has 0 aromatic heterocycles. The average molecular weight is 296 g/mol. The maximum Gasteiger partial charge on any atom is 0.146 e. The maximum atomic E-state index is 13.4. The summed E-state index contributed by atoms with van der Waals surface area (Å²) in [4.78, 5) is 0.259. The molecular formula is C14H11ClFNOS. The topological polar surface area (TPSA) is 35.2 Å². The van der Waals surface area contributed by atoms with E-state index in [0.717, 1.165) is 0 Å². The predicted molar refractivity (Wildman–Crippen MR) is 78.6 cm³/mol. The molecule has 98 valence electrons. The Morgan fingerprint density at radius 1 is 1.26 bits per heavy atom. The molecule has 0 unspecified atom stereocenters. The number of nitrogens with two attached hydrogens (primary N) is 1. The lowest BCUT2D eigenvalue weighted by atomic mass is 10.2. The molecule has 2 aromatic rings. The van der Waals surface area contributed by atoms with Crippen LogP contribution in [0.4, 0.5) is 4.39 Å². The first-order chi connectivity index (χ1) is 8.97. The van der Waals surface area contributed by atoms with E-state index in [0.29, 0.717) is 27.6 Å². The van der Waals surface area contributed by atoms with Crippen LogP contribution in [0.1, 0.15) is 11.1 Å². The number of ether oxygens (including phenoxy) is 1. The molecule has 19 heavy (non-hydrogen) atoms. The summed E-state index contributed by atoms with van der Waals surface area (Å²) < 4.78 is 18.9. The number of thiocarbonyl (C=S) groups is 1. The van der Waals surface area contributed by atoms with Gasteiger partial charge in [0.2, 0.25) is 0 Å². The van der Waals surface area contributed by atoms with E-state index >= 15 is 0 Å². The monoisotopic (exact) mass is 295 g/mol. The first kappa shape index (κ1) is 13.8. The third-order valence-corrected chi connectivity index (χ3v) is 3.12. The molecule has 0 saturated heterocycles. The SMILES string of the molecule is Cc1ccc(Oc2ccc(C(N)=S)cc2Cl)cc1F. The molecule has 0 amide bonds. The van der Waals surface area contributed by atoms with Crippen LogP contribution in [0.5, 0.6) is 11.5 Å². The highest BCUT2D eigenvalue weighted by atomic mass is 35.5. The van der Waals surface area contributed by atoms with Gasteiger partial charge in [0.05, 0.1) is 5.02 Å². The lowest BCUT2D eigenvalue weighted by Gasteiger charge is -2.09. The van der Waals surface area contributed by atoms with Gasteiger partial charge < -0.3 is 10.5 Å². The molecule has 0 atom stereocenters. The smallest absolute Gasteiger partial charge is 0.146 e. The minimum atomic E-state index is -0.326. The van der Waals surface area contributed by atoms with Crippen LogP contribution in [0.25, 0.3) is 0 Å². The van der Waals surface area contributed by atoms with Crippen LogP contribution in [-0.2, 0) is 0 Å². The van der Waals surface area contributed by atoms with E-state index in [1.165, 1.54) is 6.07 Å². The van der Waals surface area contributed by atoms with E-state index in [1.54, 1.807) is 37.3 Å². The zero-order valence-electron chi connectivity index (χ0n) is 10.1. The normalized spacial score (nSPS) is 10.3. The van der Waals surface area contributed by atoms with Crippen molar-refractivity contribution in [2.75, 3.05) is 0 Å². The van der Waals surface area contributed by atoms with Crippen molar-refractivity contribution in [3.05, 3.63) is 58.4 Å². The van der Waals surface area contributed by atoms with Crippen molar-refractivity contribution in [1.29, 1.82) is 0 Å². The first-order valence-corrected chi connectivity index (χ1v) is 6.29. The molecule has 2 N–H and O–H groups in total. The number of rotatable bonds is 3. The van der Waals surface area contributed by atoms with Crippen molar-refractivity contribution < 1.29 is 9.13 Å². The molecule has 0 aliphatic heterocycles. The Balaban J connectivity index is 2.28. The second-order valence-corrected chi connectivity index (χ2v) is 4.87. The third kappa shape index (κ3) is 3.22. The largest absolute Gasteiger partial charge is 0.456 e. The summed E-state index contributed by atoms with van der Waals surface area (Å²) >= 11 is 10.9.